The van der Waals surface area contributed by atoms with Gasteiger partial charge in [-0.2, -0.15) is 13.2 Å². The van der Waals surface area contributed by atoms with Crippen molar-refractivity contribution in [1.82, 2.24) is 0 Å². The van der Waals surface area contributed by atoms with Crippen molar-refractivity contribution in [1.29, 1.82) is 0 Å². The van der Waals surface area contributed by atoms with Crippen LogP contribution in [0.3, 0.4) is 0 Å². The number of hydrogen-bond donors (Lipinski definition) is 3. The van der Waals surface area contributed by atoms with E-state index in [4.69, 9.17) is 34.8 Å². The van der Waals surface area contributed by atoms with Crippen molar-refractivity contribution in [2.24, 2.45) is 11.8 Å². The zero-order valence-corrected chi connectivity index (χ0v) is 24.2. The zero-order chi connectivity index (χ0) is 33.2. The second-order valence-electron chi connectivity index (χ2n) is 10.3. The van der Waals surface area contributed by atoms with Crippen LogP contribution in [0.15, 0.2) is 48.5 Å². The van der Waals surface area contributed by atoms with Crippen molar-refractivity contribution in [2.75, 3.05) is 16.0 Å². The van der Waals surface area contributed by atoms with Crippen LogP contribution in [0.2, 0.25) is 5.02 Å². The molecule has 3 N–H and O–H groups in total. The van der Waals surface area contributed by atoms with Gasteiger partial charge in [-0.1, -0.05) is 17.7 Å². The standard InChI is InChI=1S/C28H16Cl3F8N3O3/c29-15-3-2-11(40-25(45)20-19(27(20,30)31)10-1-4-16(32)13(7-10)28(37,38)39)8-12(15)23(43)41-18-6-5-17(33)22(21(18)34)42-24(44)14-9-26(14,35)36/h1-8,14,19-20H,9H2,(H,40,45)(H,41,43)(H,42,44)/t14?,19-,20+/m0/s1. The van der Waals surface area contributed by atoms with Crippen molar-refractivity contribution >= 4 is 69.6 Å². The molecule has 17 heteroatoms. The van der Waals surface area contributed by atoms with Crippen LogP contribution in [-0.4, -0.2) is 28.0 Å². The third-order valence-electron chi connectivity index (χ3n) is 7.20. The van der Waals surface area contributed by atoms with Crippen LogP contribution in [-0.2, 0) is 15.8 Å². The first-order valence-corrected chi connectivity index (χ1v) is 13.8. The Morgan fingerprint density at radius 2 is 1.49 bits per heavy atom. The SMILES string of the molecule is O=C(Nc1ccc(F)c(NC(=O)C2CC2(F)F)c1F)c1cc(NC(=O)[C@H]2[C@H](c3ccc(F)c(C(F)(F)F)c3)C2(Cl)Cl)ccc1Cl. The van der Waals surface area contributed by atoms with Crippen LogP contribution >= 0.6 is 34.8 Å². The van der Waals surface area contributed by atoms with Gasteiger partial charge < -0.3 is 16.0 Å². The van der Waals surface area contributed by atoms with Gasteiger partial charge in [0.05, 0.1) is 27.8 Å². The average molecular weight is 701 g/mol. The molecular weight excluding hydrogens is 685 g/mol. The molecule has 238 valence electrons. The monoisotopic (exact) mass is 699 g/mol. The Bertz CT molecular complexity index is 1750. The molecule has 0 spiro atoms. The number of carbonyl (C=O) groups is 3. The summed E-state index contributed by atoms with van der Waals surface area (Å²) < 4.78 is 107. The number of halogens is 11. The lowest BCUT2D eigenvalue weighted by Gasteiger charge is -2.13. The summed E-state index contributed by atoms with van der Waals surface area (Å²) in [5, 5.41) is 6.06. The molecule has 3 aromatic rings. The van der Waals surface area contributed by atoms with Gasteiger partial charge in [0.2, 0.25) is 11.8 Å². The number of nitrogens with one attached hydrogen (secondary N) is 3. The molecule has 3 atom stereocenters. The van der Waals surface area contributed by atoms with Gasteiger partial charge in [0, 0.05) is 18.0 Å². The average Bonchev–Trinajstić information content (AvgIpc) is 3.78. The Hall–Kier alpha value is -3.62. The number of alkyl halides is 7. The van der Waals surface area contributed by atoms with E-state index in [0.29, 0.717) is 18.2 Å². The van der Waals surface area contributed by atoms with Gasteiger partial charge >= 0.3 is 6.18 Å². The normalized spacial score (nSPS) is 21.1. The summed E-state index contributed by atoms with van der Waals surface area (Å²) in [7, 11) is 0. The second kappa shape index (κ2) is 11.3. The van der Waals surface area contributed by atoms with E-state index in [9.17, 15) is 45.1 Å². The molecule has 0 saturated heterocycles. The number of anilines is 3. The fourth-order valence-electron chi connectivity index (χ4n) is 4.68. The summed E-state index contributed by atoms with van der Waals surface area (Å²) in [6.07, 6.45) is -5.80. The van der Waals surface area contributed by atoms with E-state index in [-0.39, 0.29) is 21.8 Å². The molecule has 6 nitrogen and oxygen atoms in total. The fourth-order valence-corrected chi connectivity index (χ4v) is 5.71. The van der Waals surface area contributed by atoms with E-state index < -0.39 is 92.7 Å². The van der Waals surface area contributed by atoms with Gasteiger partial charge in [-0.3, -0.25) is 14.4 Å². The predicted molar refractivity (Wildman–Crippen MR) is 148 cm³/mol. The first kappa shape index (κ1) is 32.8. The Morgan fingerprint density at radius 3 is 2.11 bits per heavy atom. The van der Waals surface area contributed by atoms with Gasteiger partial charge in [0.25, 0.3) is 11.8 Å². The summed E-state index contributed by atoms with van der Waals surface area (Å²) in [6.45, 7) is 0. The molecule has 2 fully saturated rings. The second-order valence-corrected chi connectivity index (χ2v) is 12.1. The van der Waals surface area contributed by atoms with Crippen LogP contribution in [0.5, 0.6) is 0 Å². The summed E-state index contributed by atoms with van der Waals surface area (Å²) in [5.41, 5.74) is -3.85. The van der Waals surface area contributed by atoms with Crippen molar-refractivity contribution < 1.29 is 49.5 Å². The molecule has 0 bridgehead atoms. The molecule has 5 rings (SSSR count). The minimum Gasteiger partial charge on any atom is -0.326 e. The molecule has 3 amide bonds. The van der Waals surface area contributed by atoms with Crippen LogP contribution in [0, 0.1) is 29.3 Å². The first-order chi connectivity index (χ1) is 20.8. The molecule has 0 heterocycles. The van der Waals surface area contributed by atoms with E-state index in [0.717, 1.165) is 18.2 Å². The highest BCUT2D eigenvalue weighted by Gasteiger charge is 2.68. The van der Waals surface area contributed by atoms with E-state index >= 15 is 4.39 Å². The topological polar surface area (TPSA) is 87.3 Å². The highest BCUT2D eigenvalue weighted by atomic mass is 35.5. The van der Waals surface area contributed by atoms with Crippen molar-refractivity contribution in [3.8, 4) is 0 Å². The number of carbonyl (C=O) groups excluding carboxylic acids is 3. The molecule has 1 unspecified atom stereocenters. The highest BCUT2D eigenvalue weighted by Crippen LogP contribution is 2.65. The summed E-state index contributed by atoms with van der Waals surface area (Å²) >= 11 is 18.5. The maximum absolute atomic E-state index is 15.0. The molecule has 2 aliphatic rings. The molecule has 2 aliphatic carbocycles. The molecule has 3 aromatic carbocycles. The van der Waals surface area contributed by atoms with Crippen molar-refractivity contribution in [3.63, 3.8) is 0 Å². The van der Waals surface area contributed by atoms with E-state index in [1.54, 1.807) is 5.32 Å². The smallest absolute Gasteiger partial charge is 0.326 e. The Labute approximate surface area is 263 Å². The van der Waals surface area contributed by atoms with Crippen molar-refractivity contribution in [2.45, 2.75) is 28.8 Å². The molecule has 0 aromatic heterocycles. The van der Waals surface area contributed by atoms with Gasteiger partial charge in [-0.25, -0.2) is 22.0 Å². The first-order valence-electron chi connectivity index (χ1n) is 12.7. The van der Waals surface area contributed by atoms with E-state index in [1.807, 2.05) is 0 Å². The van der Waals surface area contributed by atoms with E-state index in [1.165, 1.54) is 12.1 Å². The van der Waals surface area contributed by atoms with Crippen LogP contribution in [0.1, 0.15) is 33.8 Å². The number of rotatable bonds is 7. The van der Waals surface area contributed by atoms with Gasteiger partial charge in [0.15, 0.2) is 5.82 Å². The van der Waals surface area contributed by atoms with Crippen LogP contribution < -0.4 is 16.0 Å². The van der Waals surface area contributed by atoms with Gasteiger partial charge in [-0.15, -0.1) is 23.2 Å². The lowest BCUT2D eigenvalue weighted by Crippen LogP contribution is -2.21. The Kier molecular flexibility index (Phi) is 8.24. The zero-order valence-electron chi connectivity index (χ0n) is 21.9. The number of hydrogen-bond acceptors (Lipinski definition) is 3. The van der Waals surface area contributed by atoms with Crippen LogP contribution in [0.25, 0.3) is 0 Å². The molecule has 2 saturated carbocycles. The lowest BCUT2D eigenvalue weighted by atomic mass is 10.0. The Morgan fingerprint density at radius 1 is 0.844 bits per heavy atom. The molecule has 0 radical (unpaired) electrons. The van der Waals surface area contributed by atoms with Gasteiger partial charge in [0.1, 0.15) is 27.6 Å². The Balaban J connectivity index is 1.31. The molecular formula is C28H16Cl3F8N3O3. The fraction of sp³-hybridized carbons (Fsp3) is 0.250. The quantitative estimate of drug-likeness (QED) is 0.172. The number of benzene rings is 3. The van der Waals surface area contributed by atoms with Gasteiger partial charge in [-0.05, 0) is 48.0 Å². The minimum atomic E-state index is -5.02. The third-order valence-corrected chi connectivity index (χ3v) is 8.47. The maximum atomic E-state index is 15.0. The largest absolute Gasteiger partial charge is 0.419 e. The lowest BCUT2D eigenvalue weighted by molar-refractivity contribution is -0.140. The summed E-state index contributed by atoms with van der Waals surface area (Å²) in [4.78, 5) is 37.9. The molecule has 45 heavy (non-hydrogen) atoms. The summed E-state index contributed by atoms with van der Waals surface area (Å²) in [5.74, 6) is -15.1. The predicted octanol–water partition coefficient (Wildman–Crippen LogP) is 8.15. The number of amides is 3. The van der Waals surface area contributed by atoms with Crippen molar-refractivity contribution in [3.05, 3.63) is 87.7 Å². The summed E-state index contributed by atoms with van der Waals surface area (Å²) in [6, 6.07) is 7.04. The van der Waals surface area contributed by atoms with E-state index in [2.05, 4.69) is 10.6 Å². The van der Waals surface area contributed by atoms with Crippen LogP contribution in [0.4, 0.5) is 52.2 Å². The minimum absolute atomic E-state index is 0.0719. The molecule has 0 aliphatic heterocycles. The highest BCUT2D eigenvalue weighted by molar-refractivity contribution is 6.53. The third kappa shape index (κ3) is 6.40. The maximum Gasteiger partial charge on any atom is 0.419 e.